The SMILES string of the molecule is CC1(C)c2cc3ccccc3cc2-c2c(-c3ccccc3-c3cc(-c4ccccc4-c4ccc5oc6cc7c(cc6c5c4)oc4ccccc47)nc(-c4ccccc4)n3)cccc21. The van der Waals surface area contributed by atoms with Gasteiger partial charge in [-0.25, -0.2) is 9.97 Å². The van der Waals surface area contributed by atoms with Crippen molar-refractivity contribution in [3.05, 3.63) is 205 Å². The van der Waals surface area contributed by atoms with Gasteiger partial charge in [0.05, 0.1) is 11.4 Å². The van der Waals surface area contributed by atoms with Gasteiger partial charge in [0.15, 0.2) is 5.82 Å². The maximum atomic E-state index is 6.48. The number of hydrogen-bond donors (Lipinski definition) is 0. The average molecular weight is 807 g/mol. The Morgan fingerprint density at radius 2 is 0.921 bits per heavy atom. The van der Waals surface area contributed by atoms with Gasteiger partial charge in [0, 0.05) is 43.7 Å². The summed E-state index contributed by atoms with van der Waals surface area (Å²) < 4.78 is 12.8. The fourth-order valence-electron chi connectivity index (χ4n) is 10.2. The van der Waals surface area contributed by atoms with Crippen LogP contribution < -0.4 is 0 Å². The minimum Gasteiger partial charge on any atom is -0.456 e. The zero-order chi connectivity index (χ0) is 41.8. The van der Waals surface area contributed by atoms with Crippen LogP contribution in [0.1, 0.15) is 25.0 Å². The van der Waals surface area contributed by atoms with Gasteiger partial charge in [0.25, 0.3) is 0 Å². The molecule has 9 aromatic carbocycles. The van der Waals surface area contributed by atoms with Crippen molar-refractivity contribution < 1.29 is 8.83 Å². The van der Waals surface area contributed by atoms with Crippen LogP contribution >= 0.6 is 0 Å². The van der Waals surface area contributed by atoms with Gasteiger partial charge in [0.2, 0.25) is 0 Å². The van der Waals surface area contributed by atoms with E-state index in [9.17, 15) is 0 Å². The smallest absolute Gasteiger partial charge is 0.160 e. The van der Waals surface area contributed by atoms with Gasteiger partial charge in [-0.1, -0.05) is 159 Å². The molecule has 3 aromatic heterocycles. The molecule has 296 valence electrons. The van der Waals surface area contributed by atoms with E-state index in [0.29, 0.717) is 5.82 Å². The summed E-state index contributed by atoms with van der Waals surface area (Å²) in [5.41, 5.74) is 17.8. The highest BCUT2D eigenvalue weighted by molar-refractivity contribution is 6.15. The lowest BCUT2D eigenvalue weighted by atomic mass is 9.81. The summed E-state index contributed by atoms with van der Waals surface area (Å²) in [6.45, 7) is 4.71. The van der Waals surface area contributed by atoms with Crippen LogP contribution in [0.5, 0.6) is 0 Å². The van der Waals surface area contributed by atoms with Crippen molar-refractivity contribution >= 4 is 54.6 Å². The molecular weight excluding hydrogens is 769 g/mol. The Kier molecular flexibility index (Phi) is 7.62. The van der Waals surface area contributed by atoms with Crippen LogP contribution in [0.25, 0.3) is 122 Å². The predicted octanol–water partition coefficient (Wildman–Crippen LogP) is 16.1. The molecule has 0 N–H and O–H groups in total. The lowest BCUT2D eigenvalue weighted by molar-refractivity contribution is 0.661. The highest BCUT2D eigenvalue weighted by Gasteiger charge is 2.37. The Labute approximate surface area is 363 Å². The minimum atomic E-state index is -0.155. The van der Waals surface area contributed by atoms with Crippen molar-refractivity contribution in [2.75, 3.05) is 0 Å². The maximum Gasteiger partial charge on any atom is 0.160 e. The third kappa shape index (κ3) is 5.48. The van der Waals surface area contributed by atoms with Crippen molar-refractivity contribution in [1.29, 1.82) is 0 Å². The largest absolute Gasteiger partial charge is 0.456 e. The summed E-state index contributed by atoms with van der Waals surface area (Å²) >= 11 is 0. The van der Waals surface area contributed by atoms with Gasteiger partial charge in [-0.15, -0.1) is 0 Å². The Balaban J connectivity index is 0.989. The number of nitrogens with zero attached hydrogens (tertiary/aromatic N) is 2. The van der Waals surface area contributed by atoms with E-state index in [1.165, 1.54) is 38.6 Å². The van der Waals surface area contributed by atoms with Gasteiger partial charge in [-0.2, -0.15) is 0 Å². The second-order valence-electron chi connectivity index (χ2n) is 17.3. The molecule has 0 bridgehead atoms. The lowest BCUT2D eigenvalue weighted by Crippen LogP contribution is -2.14. The first kappa shape index (κ1) is 35.7. The van der Waals surface area contributed by atoms with Crippen LogP contribution in [0, 0.1) is 0 Å². The van der Waals surface area contributed by atoms with Crippen molar-refractivity contribution in [3.63, 3.8) is 0 Å². The molecule has 13 rings (SSSR count). The van der Waals surface area contributed by atoms with Crippen molar-refractivity contribution in [2.24, 2.45) is 0 Å². The first-order valence-electron chi connectivity index (χ1n) is 21.5. The number of furan rings is 2. The second kappa shape index (κ2) is 13.5. The van der Waals surface area contributed by atoms with Crippen molar-refractivity contribution in [2.45, 2.75) is 19.3 Å². The van der Waals surface area contributed by atoms with Gasteiger partial charge >= 0.3 is 0 Å². The molecule has 63 heavy (non-hydrogen) atoms. The highest BCUT2D eigenvalue weighted by atomic mass is 16.3. The van der Waals surface area contributed by atoms with E-state index in [4.69, 9.17) is 18.8 Å². The number of aromatic nitrogens is 2. The molecule has 0 saturated heterocycles. The van der Waals surface area contributed by atoms with Gasteiger partial charge in [0.1, 0.15) is 22.3 Å². The van der Waals surface area contributed by atoms with Crippen LogP contribution in [0.3, 0.4) is 0 Å². The molecule has 0 fully saturated rings. The normalized spacial score (nSPS) is 13.0. The third-order valence-electron chi connectivity index (χ3n) is 13.3. The summed E-state index contributed by atoms with van der Waals surface area (Å²) in [6.07, 6.45) is 0. The van der Waals surface area contributed by atoms with E-state index in [2.05, 4.69) is 172 Å². The minimum absolute atomic E-state index is 0.155. The molecule has 1 aliphatic carbocycles. The highest BCUT2D eigenvalue weighted by Crippen LogP contribution is 2.54. The Morgan fingerprint density at radius 1 is 0.349 bits per heavy atom. The Hall–Kier alpha value is -8.08. The summed E-state index contributed by atoms with van der Waals surface area (Å²) in [7, 11) is 0. The van der Waals surface area contributed by atoms with E-state index in [0.717, 1.165) is 88.6 Å². The van der Waals surface area contributed by atoms with Crippen LogP contribution in [0.2, 0.25) is 0 Å². The molecule has 0 atom stereocenters. The third-order valence-corrected chi connectivity index (χ3v) is 13.3. The molecule has 0 unspecified atom stereocenters. The topological polar surface area (TPSA) is 52.1 Å². The van der Waals surface area contributed by atoms with Gasteiger partial charge < -0.3 is 8.83 Å². The molecule has 3 heterocycles. The molecule has 0 radical (unpaired) electrons. The monoisotopic (exact) mass is 806 g/mol. The van der Waals surface area contributed by atoms with Crippen molar-refractivity contribution in [1.82, 2.24) is 9.97 Å². The van der Waals surface area contributed by atoms with E-state index < -0.39 is 0 Å². The Bertz CT molecular complexity index is 3830. The fraction of sp³-hybridized carbons (Fsp3) is 0.0508. The van der Waals surface area contributed by atoms with Crippen LogP contribution in [0.4, 0.5) is 0 Å². The Morgan fingerprint density at radius 3 is 1.68 bits per heavy atom. The van der Waals surface area contributed by atoms with E-state index >= 15 is 0 Å². The van der Waals surface area contributed by atoms with E-state index in [1.807, 2.05) is 36.4 Å². The first-order chi connectivity index (χ1) is 31.0. The summed E-state index contributed by atoms with van der Waals surface area (Å²) in [6, 6.07) is 68.9. The standard InChI is InChI=1S/C59H38N2O2/c1-59(2)49-25-14-24-44(57(49)48-29-36-17-6-7-18-37(36)31-50(48)59)40-20-9-11-22-42(40)52-34-51(60-58(61-52)35-15-4-3-5-16-35)41-21-10-8-19-39(41)38-27-28-54-45(30-38)47-33-55-46(32-56(47)63-54)43-23-12-13-26-53(43)62-55/h3-34H,1-2H3. The van der Waals surface area contributed by atoms with Crippen LogP contribution in [0.15, 0.2) is 203 Å². The van der Waals surface area contributed by atoms with Crippen molar-refractivity contribution in [3.8, 4) is 67.3 Å². The maximum absolute atomic E-state index is 6.48. The zero-order valence-electron chi connectivity index (χ0n) is 34.7. The summed E-state index contributed by atoms with van der Waals surface area (Å²) in [5, 5.41) is 6.71. The molecule has 1 aliphatic rings. The quantitative estimate of drug-likeness (QED) is 0.174. The zero-order valence-corrected chi connectivity index (χ0v) is 34.7. The molecule has 0 spiro atoms. The number of para-hydroxylation sites is 1. The molecule has 0 saturated carbocycles. The summed E-state index contributed by atoms with van der Waals surface area (Å²) in [5.74, 6) is 0.676. The van der Waals surface area contributed by atoms with E-state index in [1.54, 1.807) is 0 Å². The molecule has 12 aromatic rings. The first-order valence-corrected chi connectivity index (χ1v) is 21.5. The molecule has 4 heteroatoms. The average Bonchev–Trinajstić information content (AvgIpc) is 3.96. The van der Waals surface area contributed by atoms with Crippen LogP contribution in [-0.4, -0.2) is 9.97 Å². The fourth-order valence-corrected chi connectivity index (χ4v) is 10.2. The number of fused-ring (bicyclic) bond motifs is 10. The number of hydrogen-bond acceptors (Lipinski definition) is 4. The number of benzene rings is 9. The van der Waals surface area contributed by atoms with Gasteiger partial charge in [-0.05, 0) is 104 Å². The molecule has 0 aliphatic heterocycles. The number of rotatable bonds is 5. The summed E-state index contributed by atoms with van der Waals surface area (Å²) in [4.78, 5) is 10.7. The second-order valence-corrected chi connectivity index (χ2v) is 17.3. The molecule has 0 amide bonds. The van der Waals surface area contributed by atoms with E-state index in [-0.39, 0.29) is 5.41 Å². The predicted molar refractivity (Wildman–Crippen MR) is 259 cm³/mol. The van der Waals surface area contributed by atoms with Crippen LogP contribution in [-0.2, 0) is 5.41 Å². The lowest BCUT2D eigenvalue weighted by Gasteiger charge is -2.22. The molecule has 4 nitrogen and oxygen atoms in total. The van der Waals surface area contributed by atoms with Gasteiger partial charge in [-0.3, -0.25) is 0 Å². The molecular formula is C59H38N2O2.